The number of rotatable bonds is 10. The van der Waals surface area contributed by atoms with Crippen LogP contribution < -0.4 is 20.6 Å². The molecule has 1 heterocycles. The maximum absolute atomic E-state index is 11.8. The van der Waals surface area contributed by atoms with Crippen molar-refractivity contribution in [1.82, 2.24) is 20.2 Å². The van der Waals surface area contributed by atoms with E-state index in [0.717, 1.165) is 0 Å². The average Bonchev–Trinajstić information content (AvgIpc) is 3.04. The molecule has 0 unspecified atom stereocenters. The van der Waals surface area contributed by atoms with Crippen molar-refractivity contribution in [2.45, 2.75) is 12.1 Å². The lowest BCUT2D eigenvalue weighted by Crippen LogP contribution is -2.20. The average molecular weight is 392 g/mol. The Morgan fingerprint density at radius 3 is 2.85 bits per heavy atom. The third-order valence-electron chi connectivity index (χ3n) is 3.04. The van der Waals surface area contributed by atoms with Gasteiger partial charge < -0.3 is 19.8 Å². The first kappa shape index (κ1) is 20.2. The maximum Gasteiger partial charge on any atom is 0.255 e. The molecule has 3 N–H and O–H groups in total. The molecule has 2 amide bonds. The molecule has 0 aliphatic rings. The molecular weight excluding hydrogens is 372 g/mol. The highest BCUT2D eigenvalue weighted by molar-refractivity contribution is 7.99. The molecule has 0 atom stereocenters. The SMILES string of the molecule is CCOc1cc(/C=N\NC(=O)CSc2nncn2C)ccc1OCC(N)=O. The summed E-state index contributed by atoms with van der Waals surface area (Å²) >= 11 is 1.26. The van der Waals surface area contributed by atoms with Gasteiger partial charge in [0, 0.05) is 7.05 Å². The molecule has 144 valence electrons. The molecule has 0 radical (unpaired) electrons. The summed E-state index contributed by atoms with van der Waals surface area (Å²) in [5.74, 6) is 0.160. The van der Waals surface area contributed by atoms with Crippen LogP contribution in [0.2, 0.25) is 0 Å². The molecule has 0 aliphatic heterocycles. The maximum atomic E-state index is 11.8. The van der Waals surface area contributed by atoms with E-state index >= 15 is 0 Å². The fraction of sp³-hybridized carbons (Fsp3) is 0.312. The minimum atomic E-state index is -0.579. The first-order valence-electron chi connectivity index (χ1n) is 7.96. The molecule has 11 heteroatoms. The molecule has 27 heavy (non-hydrogen) atoms. The quantitative estimate of drug-likeness (QED) is 0.338. The number of hydrogen-bond donors (Lipinski definition) is 2. The number of nitrogens with two attached hydrogens (primary N) is 1. The topological polar surface area (TPSA) is 134 Å². The fourth-order valence-electron chi connectivity index (χ4n) is 1.89. The zero-order valence-electron chi connectivity index (χ0n) is 14.9. The molecular formula is C16H20N6O4S. The molecule has 0 fully saturated rings. The number of thioether (sulfide) groups is 1. The molecule has 0 aliphatic carbocycles. The summed E-state index contributed by atoms with van der Waals surface area (Å²) in [6.45, 7) is 2.00. The largest absolute Gasteiger partial charge is 0.490 e. The minimum absolute atomic E-state index is 0.161. The van der Waals surface area contributed by atoms with Gasteiger partial charge in [0.1, 0.15) is 6.33 Å². The predicted molar refractivity (Wildman–Crippen MR) is 99.8 cm³/mol. The van der Waals surface area contributed by atoms with Crippen LogP contribution in [0.25, 0.3) is 0 Å². The fourth-order valence-corrected chi connectivity index (χ4v) is 2.57. The second kappa shape index (κ2) is 10.2. The van der Waals surface area contributed by atoms with Crippen LogP contribution in [-0.4, -0.2) is 51.8 Å². The Labute approximate surface area is 160 Å². The van der Waals surface area contributed by atoms with Crippen molar-refractivity contribution < 1.29 is 19.1 Å². The number of amides is 2. The Bertz CT molecular complexity index is 823. The molecule has 1 aromatic carbocycles. The standard InChI is InChI=1S/C16H20N6O4S/c1-3-25-13-6-11(4-5-12(13)26-8-14(17)23)7-18-20-15(24)9-27-16-21-19-10-22(16)2/h4-7,10H,3,8-9H2,1-2H3,(H2,17,23)(H,20,24)/b18-7-. The van der Waals surface area contributed by atoms with Crippen LogP contribution in [0.4, 0.5) is 0 Å². The number of nitrogens with zero attached hydrogens (tertiary/aromatic N) is 4. The van der Waals surface area contributed by atoms with E-state index in [1.54, 1.807) is 36.1 Å². The summed E-state index contributed by atoms with van der Waals surface area (Å²) in [6.07, 6.45) is 3.04. The van der Waals surface area contributed by atoms with E-state index < -0.39 is 5.91 Å². The highest BCUT2D eigenvalue weighted by Crippen LogP contribution is 2.28. The van der Waals surface area contributed by atoms with E-state index in [0.29, 0.717) is 28.8 Å². The molecule has 0 bridgehead atoms. The van der Waals surface area contributed by atoms with E-state index in [9.17, 15) is 9.59 Å². The third-order valence-corrected chi connectivity index (χ3v) is 4.08. The molecule has 10 nitrogen and oxygen atoms in total. The number of hydrogen-bond acceptors (Lipinski definition) is 8. The molecule has 2 rings (SSSR count). The molecule has 0 saturated carbocycles. The van der Waals surface area contributed by atoms with Crippen molar-refractivity contribution in [1.29, 1.82) is 0 Å². The molecule has 0 saturated heterocycles. The monoisotopic (exact) mass is 392 g/mol. The van der Waals surface area contributed by atoms with Crippen molar-refractivity contribution in [2.24, 2.45) is 17.9 Å². The summed E-state index contributed by atoms with van der Waals surface area (Å²) in [5.41, 5.74) is 8.20. The summed E-state index contributed by atoms with van der Waals surface area (Å²) in [7, 11) is 1.80. The van der Waals surface area contributed by atoms with Gasteiger partial charge in [0.2, 0.25) is 0 Å². The molecule has 0 spiro atoms. The van der Waals surface area contributed by atoms with Gasteiger partial charge in [0.05, 0.1) is 18.6 Å². The van der Waals surface area contributed by atoms with Crippen molar-refractivity contribution in [3.8, 4) is 11.5 Å². The smallest absolute Gasteiger partial charge is 0.255 e. The number of aryl methyl sites for hydroxylation is 1. The van der Waals surface area contributed by atoms with Crippen LogP contribution in [0.3, 0.4) is 0 Å². The van der Waals surface area contributed by atoms with Crippen LogP contribution >= 0.6 is 11.8 Å². The Morgan fingerprint density at radius 1 is 1.37 bits per heavy atom. The van der Waals surface area contributed by atoms with Gasteiger partial charge >= 0.3 is 0 Å². The normalized spacial score (nSPS) is 10.7. The summed E-state index contributed by atoms with van der Waals surface area (Å²) in [4.78, 5) is 22.7. The van der Waals surface area contributed by atoms with Crippen LogP contribution in [0.5, 0.6) is 11.5 Å². The Hall–Kier alpha value is -3.08. The number of aromatic nitrogens is 3. The number of hydrazone groups is 1. The summed E-state index contributed by atoms with van der Waals surface area (Å²) in [5, 5.41) is 12.2. The van der Waals surface area contributed by atoms with Gasteiger partial charge in [-0.3, -0.25) is 9.59 Å². The lowest BCUT2D eigenvalue weighted by Gasteiger charge is -2.11. The highest BCUT2D eigenvalue weighted by atomic mass is 32.2. The zero-order chi connectivity index (χ0) is 19.6. The van der Waals surface area contributed by atoms with Gasteiger partial charge in [-0.2, -0.15) is 5.10 Å². The van der Waals surface area contributed by atoms with Crippen LogP contribution in [0.15, 0.2) is 34.8 Å². The summed E-state index contributed by atoms with van der Waals surface area (Å²) in [6, 6.07) is 5.04. The van der Waals surface area contributed by atoms with Crippen LogP contribution in [0, 0.1) is 0 Å². The predicted octanol–water partition coefficient (Wildman–Crippen LogP) is 0.320. The first-order chi connectivity index (χ1) is 13.0. The Morgan fingerprint density at radius 2 is 2.19 bits per heavy atom. The van der Waals surface area contributed by atoms with E-state index in [-0.39, 0.29) is 18.3 Å². The number of carbonyl (C=O) groups excluding carboxylic acids is 2. The number of carbonyl (C=O) groups is 2. The van der Waals surface area contributed by atoms with Gasteiger partial charge in [-0.1, -0.05) is 11.8 Å². The van der Waals surface area contributed by atoms with Crippen molar-refractivity contribution in [3.63, 3.8) is 0 Å². The number of primary amides is 1. The van der Waals surface area contributed by atoms with Crippen molar-refractivity contribution >= 4 is 29.8 Å². The zero-order valence-corrected chi connectivity index (χ0v) is 15.7. The van der Waals surface area contributed by atoms with Gasteiger partial charge in [0.15, 0.2) is 23.3 Å². The van der Waals surface area contributed by atoms with Gasteiger partial charge in [-0.25, -0.2) is 5.43 Å². The molecule has 2 aromatic rings. The number of nitrogens with one attached hydrogen (secondary N) is 1. The lowest BCUT2D eigenvalue weighted by atomic mass is 10.2. The highest BCUT2D eigenvalue weighted by Gasteiger charge is 2.08. The third kappa shape index (κ3) is 6.62. The second-order valence-corrected chi connectivity index (χ2v) is 6.14. The van der Waals surface area contributed by atoms with Crippen molar-refractivity contribution in [2.75, 3.05) is 19.0 Å². The van der Waals surface area contributed by atoms with Gasteiger partial charge in [0.25, 0.3) is 11.8 Å². The lowest BCUT2D eigenvalue weighted by molar-refractivity contribution is -0.120. The number of benzene rings is 1. The van der Waals surface area contributed by atoms with E-state index in [4.69, 9.17) is 15.2 Å². The van der Waals surface area contributed by atoms with Crippen LogP contribution in [0.1, 0.15) is 12.5 Å². The Kier molecular flexibility index (Phi) is 7.62. The first-order valence-corrected chi connectivity index (χ1v) is 8.94. The molecule has 1 aromatic heterocycles. The van der Waals surface area contributed by atoms with E-state index in [1.165, 1.54) is 18.0 Å². The van der Waals surface area contributed by atoms with E-state index in [2.05, 4.69) is 20.7 Å². The van der Waals surface area contributed by atoms with Crippen LogP contribution in [-0.2, 0) is 16.6 Å². The minimum Gasteiger partial charge on any atom is -0.490 e. The van der Waals surface area contributed by atoms with Gasteiger partial charge in [-0.05, 0) is 30.7 Å². The number of ether oxygens (including phenoxy) is 2. The second-order valence-electron chi connectivity index (χ2n) is 5.20. The summed E-state index contributed by atoms with van der Waals surface area (Å²) < 4.78 is 12.5. The van der Waals surface area contributed by atoms with Crippen molar-refractivity contribution in [3.05, 3.63) is 30.1 Å². The Balaban J connectivity index is 1.91. The van der Waals surface area contributed by atoms with E-state index in [1.807, 2.05) is 6.92 Å². The van der Waals surface area contributed by atoms with Gasteiger partial charge in [-0.15, -0.1) is 10.2 Å².